The molecule has 2 rings (SSSR count). The highest BCUT2D eigenvalue weighted by Crippen LogP contribution is 2.39. The fourth-order valence-corrected chi connectivity index (χ4v) is 2.03. The standard InChI is InChI=1S/C10H18O3/c1-11-4-5-12-7-8-2-3-9-10(6-8)13-9/h8-10H,2-7H2,1H3. The Hall–Kier alpha value is -0.120. The van der Waals surface area contributed by atoms with E-state index in [0.717, 1.165) is 19.1 Å². The van der Waals surface area contributed by atoms with Crippen molar-refractivity contribution in [1.29, 1.82) is 0 Å². The van der Waals surface area contributed by atoms with E-state index in [1.54, 1.807) is 7.11 Å². The molecular formula is C10H18O3. The zero-order chi connectivity index (χ0) is 9.10. The number of hydrogen-bond acceptors (Lipinski definition) is 3. The summed E-state index contributed by atoms with van der Waals surface area (Å²) in [6, 6.07) is 0. The Morgan fingerprint density at radius 1 is 1.23 bits per heavy atom. The summed E-state index contributed by atoms with van der Waals surface area (Å²) < 4.78 is 15.9. The average Bonchev–Trinajstić information content (AvgIpc) is 2.90. The first-order valence-corrected chi connectivity index (χ1v) is 5.12. The van der Waals surface area contributed by atoms with Gasteiger partial charge >= 0.3 is 0 Å². The third-order valence-corrected chi connectivity index (χ3v) is 2.90. The Morgan fingerprint density at radius 2 is 2.15 bits per heavy atom. The quantitative estimate of drug-likeness (QED) is 0.478. The molecular weight excluding hydrogens is 168 g/mol. The summed E-state index contributed by atoms with van der Waals surface area (Å²) in [4.78, 5) is 0. The molecule has 0 bridgehead atoms. The van der Waals surface area contributed by atoms with Crippen LogP contribution in [0.25, 0.3) is 0 Å². The van der Waals surface area contributed by atoms with Crippen molar-refractivity contribution in [1.82, 2.24) is 0 Å². The maximum atomic E-state index is 5.50. The van der Waals surface area contributed by atoms with Crippen LogP contribution in [-0.4, -0.2) is 39.1 Å². The average molecular weight is 186 g/mol. The lowest BCUT2D eigenvalue weighted by molar-refractivity contribution is 0.0453. The van der Waals surface area contributed by atoms with Gasteiger partial charge in [0.05, 0.1) is 25.4 Å². The lowest BCUT2D eigenvalue weighted by Crippen LogP contribution is -2.19. The van der Waals surface area contributed by atoms with Crippen LogP contribution in [0.4, 0.5) is 0 Å². The second-order valence-electron chi connectivity index (χ2n) is 3.96. The molecule has 0 amide bonds. The maximum absolute atomic E-state index is 5.50. The van der Waals surface area contributed by atoms with Crippen LogP contribution in [0.2, 0.25) is 0 Å². The molecule has 1 heterocycles. The van der Waals surface area contributed by atoms with Crippen molar-refractivity contribution in [3.8, 4) is 0 Å². The smallest absolute Gasteiger partial charge is 0.0845 e. The van der Waals surface area contributed by atoms with Crippen molar-refractivity contribution >= 4 is 0 Å². The van der Waals surface area contributed by atoms with Crippen LogP contribution in [-0.2, 0) is 14.2 Å². The fraction of sp³-hybridized carbons (Fsp3) is 1.00. The molecule has 1 saturated carbocycles. The van der Waals surface area contributed by atoms with Crippen molar-refractivity contribution in [2.45, 2.75) is 31.5 Å². The first-order valence-electron chi connectivity index (χ1n) is 5.12. The summed E-state index contributed by atoms with van der Waals surface area (Å²) in [6.45, 7) is 2.31. The van der Waals surface area contributed by atoms with Crippen molar-refractivity contribution in [2.75, 3.05) is 26.9 Å². The van der Waals surface area contributed by atoms with Gasteiger partial charge in [-0.1, -0.05) is 0 Å². The highest BCUT2D eigenvalue weighted by Gasteiger charge is 2.43. The lowest BCUT2D eigenvalue weighted by atomic mass is 9.90. The Bertz CT molecular complexity index is 160. The largest absolute Gasteiger partial charge is 0.382 e. The predicted octanol–water partition coefficient (Wildman–Crippen LogP) is 1.22. The molecule has 2 fully saturated rings. The van der Waals surface area contributed by atoms with Crippen LogP contribution in [0, 0.1) is 5.92 Å². The molecule has 0 aromatic rings. The number of methoxy groups -OCH3 is 1. The van der Waals surface area contributed by atoms with E-state index >= 15 is 0 Å². The van der Waals surface area contributed by atoms with Gasteiger partial charge in [0, 0.05) is 13.7 Å². The molecule has 1 aliphatic carbocycles. The fourth-order valence-electron chi connectivity index (χ4n) is 2.03. The highest BCUT2D eigenvalue weighted by atomic mass is 16.6. The van der Waals surface area contributed by atoms with Crippen LogP contribution >= 0.6 is 0 Å². The van der Waals surface area contributed by atoms with Gasteiger partial charge in [-0.05, 0) is 25.2 Å². The Kier molecular flexibility index (Phi) is 3.19. The molecule has 0 spiro atoms. The van der Waals surface area contributed by atoms with E-state index in [4.69, 9.17) is 14.2 Å². The molecule has 1 aliphatic heterocycles. The predicted molar refractivity (Wildman–Crippen MR) is 48.7 cm³/mol. The molecule has 0 aromatic heterocycles. The second kappa shape index (κ2) is 4.40. The van der Waals surface area contributed by atoms with Gasteiger partial charge in [-0.15, -0.1) is 0 Å². The second-order valence-corrected chi connectivity index (χ2v) is 3.96. The SMILES string of the molecule is COCCOCC1CCC2OC2C1. The van der Waals surface area contributed by atoms with E-state index in [0.29, 0.717) is 18.8 Å². The molecule has 3 heteroatoms. The maximum Gasteiger partial charge on any atom is 0.0845 e. The van der Waals surface area contributed by atoms with Gasteiger partial charge in [0.2, 0.25) is 0 Å². The summed E-state index contributed by atoms with van der Waals surface area (Å²) in [5.74, 6) is 0.723. The molecule has 3 atom stereocenters. The third kappa shape index (κ3) is 2.66. The minimum atomic E-state index is 0.574. The molecule has 13 heavy (non-hydrogen) atoms. The summed E-state index contributed by atoms with van der Waals surface area (Å²) in [7, 11) is 1.70. The van der Waals surface area contributed by atoms with Crippen molar-refractivity contribution in [2.24, 2.45) is 5.92 Å². The number of rotatable bonds is 5. The number of ether oxygens (including phenoxy) is 3. The minimum absolute atomic E-state index is 0.574. The van der Waals surface area contributed by atoms with E-state index in [1.807, 2.05) is 0 Å². The van der Waals surface area contributed by atoms with Crippen LogP contribution in [0.1, 0.15) is 19.3 Å². The van der Waals surface area contributed by atoms with Gasteiger partial charge < -0.3 is 14.2 Å². The zero-order valence-corrected chi connectivity index (χ0v) is 8.20. The number of fused-ring (bicyclic) bond motifs is 1. The van der Waals surface area contributed by atoms with Crippen molar-refractivity contribution in [3.63, 3.8) is 0 Å². The first-order chi connectivity index (χ1) is 6.40. The van der Waals surface area contributed by atoms with E-state index in [-0.39, 0.29) is 0 Å². The Labute approximate surface area is 79.4 Å². The molecule has 0 N–H and O–H groups in total. The van der Waals surface area contributed by atoms with Gasteiger partial charge in [-0.2, -0.15) is 0 Å². The molecule has 3 unspecified atom stereocenters. The van der Waals surface area contributed by atoms with Gasteiger partial charge in [-0.3, -0.25) is 0 Å². The van der Waals surface area contributed by atoms with Crippen LogP contribution < -0.4 is 0 Å². The van der Waals surface area contributed by atoms with Crippen LogP contribution in [0.3, 0.4) is 0 Å². The van der Waals surface area contributed by atoms with Gasteiger partial charge in [-0.25, -0.2) is 0 Å². The molecule has 0 radical (unpaired) electrons. The monoisotopic (exact) mass is 186 g/mol. The topological polar surface area (TPSA) is 31.0 Å². The third-order valence-electron chi connectivity index (χ3n) is 2.90. The van der Waals surface area contributed by atoms with Crippen molar-refractivity contribution in [3.05, 3.63) is 0 Å². The summed E-state index contributed by atoms with van der Waals surface area (Å²) in [6.07, 6.45) is 4.90. The van der Waals surface area contributed by atoms with E-state index in [9.17, 15) is 0 Å². The summed E-state index contributed by atoms with van der Waals surface area (Å²) >= 11 is 0. The highest BCUT2D eigenvalue weighted by molar-refractivity contribution is 4.91. The van der Waals surface area contributed by atoms with Crippen molar-refractivity contribution < 1.29 is 14.2 Å². The molecule has 1 saturated heterocycles. The Morgan fingerprint density at radius 3 is 2.92 bits per heavy atom. The lowest BCUT2D eigenvalue weighted by Gasteiger charge is -2.18. The first kappa shape index (κ1) is 9.44. The summed E-state index contributed by atoms with van der Waals surface area (Å²) in [5, 5.41) is 0. The van der Waals surface area contributed by atoms with E-state index in [2.05, 4.69) is 0 Å². The van der Waals surface area contributed by atoms with Crippen LogP contribution in [0.5, 0.6) is 0 Å². The molecule has 0 aromatic carbocycles. The number of epoxide rings is 1. The van der Waals surface area contributed by atoms with Crippen LogP contribution in [0.15, 0.2) is 0 Å². The number of hydrogen-bond donors (Lipinski definition) is 0. The van der Waals surface area contributed by atoms with Gasteiger partial charge in [0.15, 0.2) is 0 Å². The molecule has 76 valence electrons. The Balaban J connectivity index is 1.54. The molecule has 3 nitrogen and oxygen atoms in total. The van der Waals surface area contributed by atoms with E-state index < -0.39 is 0 Å². The van der Waals surface area contributed by atoms with E-state index in [1.165, 1.54) is 19.3 Å². The summed E-state index contributed by atoms with van der Waals surface area (Å²) in [5.41, 5.74) is 0. The molecule has 2 aliphatic rings. The zero-order valence-electron chi connectivity index (χ0n) is 8.20. The minimum Gasteiger partial charge on any atom is -0.382 e. The van der Waals surface area contributed by atoms with Gasteiger partial charge in [0.1, 0.15) is 0 Å². The normalized spacial score (nSPS) is 37.2. The van der Waals surface area contributed by atoms with Gasteiger partial charge in [0.25, 0.3) is 0 Å².